The number of carbonyl (C=O) groups excluding carboxylic acids is 2. The Kier molecular flexibility index (Phi) is 6.39. The maximum absolute atomic E-state index is 13.7. The van der Waals surface area contributed by atoms with Crippen LogP contribution < -0.4 is 10.2 Å². The van der Waals surface area contributed by atoms with Gasteiger partial charge in [0.05, 0.1) is 5.69 Å². The summed E-state index contributed by atoms with van der Waals surface area (Å²) in [5.41, 5.74) is -0.386. The van der Waals surface area contributed by atoms with Crippen LogP contribution in [0.4, 0.5) is 18.9 Å². The summed E-state index contributed by atoms with van der Waals surface area (Å²) in [4.78, 5) is 24.1. The van der Waals surface area contributed by atoms with Crippen LogP contribution in [-0.4, -0.2) is 24.9 Å². The van der Waals surface area contributed by atoms with Gasteiger partial charge in [0.25, 0.3) is 0 Å². The normalized spacial score (nSPS) is 10.7. The van der Waals surface area contributed by atoms with Crippen molar-refractivity contribution in [3.05, 3.63) is 29.6 Å². The summed E-state index contributed by atoms with van der Waals surface area (Å²) in [6.45, 7) is 5.38. The first kappa shape index (κ1) is 18.0. The standard InChI is InChI=1S/C15H19F3N2O2/c1-9(2)8-19-13(22)6-7-20(10(3)21)12-5-4-11(16)14(17)15(12)18/h4-5,9H,6-8H2,1-3H3,(H,19,22). The summed E-state index contributed by atoms with van der Waals surface area (Å²) >= 11 is 0. The van der Waals surface area contributed by atoms with Crippen LogP contribution in [0.3, 0.4) is 0 Å². The van der Waals surface area contributed by atoms with Gasteiger partial charge in [-0.2, -0.15) is 0 Å². The van der Waals surface area contributed by atoms with Gasteiger partial charge in [0, 0.05) is 26.4 Å². The van der Waals surface area contributed by atoms with E-state index in [1.165, 1.54) is 0 Å². The summed E-state index contributed by atoms with van der Waals surface area (Å²) in [7, 11) is 0. The Balaban J connectivity index is 2.81. The van der Waals surface area contributed by atoms with Crippen LogP contribution >= 0.6 is 0 Å². The third kappa shape index (κ3) is 4.75. The Labute approximate surface area is 127 Å². The molecular weight excluding hydrogens is 297 g/mol. The zero-order valence-electron chi connectivity index (χ0n) is 12.8. The quantitative estimate of drug-likeness (QED) is 0.820. The fourth-order valence-corrected chi connectivity index (χ4v) is 1.79. The fourth-order valence-electron chi connectivity index (χ4n) is 1.79. The van der Waals surface area contributed by atoms with Gasteiger partial charge >= 0.3 is 0 Å². The minimum atomic E-state index is -1.65. The lowest BCUT2D eigenvalue weighted by atomic mass is 10.2. The Morgan fingerprint density at radius 1 is 1.18 bits per heavy atom. The van der Waals surface area contributed by atoms with Gasteiger partial charge in [-0.15, -0.1) is 0 Å². The third-order valence-corrected chi connectivity index (χ3v) is 2.96. The summed E-state index contributed by atoms with van der Waals surface area (Å²) in [5, 5.41) is 2.66. The molecule has 4 nitrogen and oxygen atoms in total. The zero-order chi connectivity index (χ0) is 16.9. The lowest BCUT2D eigenvalue weighted by molar-refractivity contribution is -0.121. The molecule has 0 aromatic heterocycles. The average Bonchev–Trinajstić information content (AvgIpc) is 2.44. The number of anilines is 1. The van der Waals surface area contributed by atoms with Crippen LogP contribution in [0.2, 0.25) is 0 Å². The highest BCUT2D eigenvalue weighted by molar-refractivity contribution is 5.92. The first-order valence-corrected chi connectivity index (χ1v) is 6.92. The van der Waals surface area contributed by atoms with E-state index in [0.717, 1.165) is 24.0 Å². The molecule has 0 spiro atoms. The lowest BCUT2D eigenvalue weighted by Crippen LogP contribution is -2.35. The van der Waals surface area contributed by atoms with E-state index in [2.05, 4.69) is 5.32 Å². The Morgan fingerprint density at radius 3 is 2.36 bits per heavy atom. The van der Waals surface area contributed by atoms with Crippen LogP contribution in [0.25, 0.3) is 0 Å². The number of nitrogens with one attached hydrogen (secondary N) is 1. The van der Waals surface area contributed by atoms with Gasteiger partial charge in [-0.25, -0.2) is 13.2 Å². The van der Waals surface area contributed by atoms with E-state index in [1.807, 2.05) is 13.8 Å². The number of rotatable bonds is 6. The van der Waals surface area contributed by atoms with Gasteiger partial charge in [-0.3, -0.25) is 9.59 Å². The second kappa shape index (κ2) is 7.82. The SMILES string of the molecule is CC(=O)N(CCC(=O)NCC(C)C)c1ccc(F)c(F)c1F. The lowest BCUT2D eigenvalue weighted by Gasteiger charge is -2.22. The maximum atomic E-state index is 13.7. The number of hydrogen-bond acceptors (Lipinski definition) is 2. The topological polar surface area (TPSA) is 49.4 Å². The van der Waals surface area contributed by atoms with E-state index >= 15 is 0 Å². The summed E-state index contributed by atoms with van der Waals surface area (Å²) in [5.74, 6) is -5.02. The van der Waals surface area contributed by atoms with Crippen molar-refractivity contribution in [2.75, 3.05) is 18.0 Å². The molecule has 0 aliphatic heterocycles. The first-order chi connectivity index (χ1) is 10.2. The number of halogens is 3. The molecule has 1 N–H and O–H groups in total. The van der Waals surface area contributed by atoms with E-state index in [9.17, 15) is 22.8 Å². The van der Waals surface area contributed by atoms with E-state index in [-0.39, 0.29) is 30.5 Å². The molecule has 0 atom stereocenters. The van der Waals surface area contributed by atoms with Crippen LogP contribution in [0, 0.1) is 23.4 Å². The molecule has 0 aliphatic carbocycles. The summed E-state index contributed by atoms with van der Waals surface area (Å²) in [6.07, 6.45) is -0.0647. The Hall–Kier alpha value is -2.05. The van der Waals surface area contributed by atoms with Gasteiger partial charge in [0.1, 0.15) is 0 Å². The second-order valence-electron chi connectivity index (χ2n) is 5.31. The van der Waals surface area contributed by atoms with Crippen molar-refractivity contribution < 1.29 is 22.8 Å². The Bertz CT molecular complexity index is 562. The van der Waals surface area contributed by atoms with E-state index in [4.69, 9.17) is 0 Å². The second-order valence-corrected chi connectivity index (χ2v) is 5.31. The minimum Gasteiger partial charge on any atom is -0.356 e. The monoisotopic (exact) mass is 316 g/mol. The van der Waals surface area contributed by atoms with Crippen molar-refractivity contribution in [3.63, 3.8) is 0 Å². The molecule has 0 fully saturated rings. The molecule has 2 amide bonds. The fraction of sp³-hybridized carbons (Fsp3) is 0.467. The predicted molar refractivity (Wildman–Crippen MR) is 76.8 cm³/mol. The molecule has 0 unspecified atom stereocenters. The summed E-state index contributed by atoms with van der Waals surface area (Å²) < 4.78 is 39.9. The van der Waals surface area contributed by atoms with Crippen molar-refractivity contribution >= 4 is 17.5 Å². The molecule has 0 aliphatic rings. The number of benzene rings is 1. The molecule has 0 radical (unpaired) electrons. The molecule has 22 heavy (non-hydrogen) atoms. The number of carbonyl (C=O) groups is 2. The highest BCUT2D eigenvalue weighted by Gasteiger charge is 2.21. The van der Waals surface area contributed by atoms with Gasteiger partial charge in [-0.05, 0) is 18.1 Å². The van der Waals surface area contributed by atoms with Crippen LogP contribution in [0.1, 0.15) is 27.2 Å². The van der Waals surface area contributed by atoms with Crippen LogP contribution in [0.15, 0.2) is 12.1 Å². The number of amides is 2. The third-order valence-electron chi connectivity index (χ3n) is 2.96. The smallest absolute Gasteiger partial charge is 0.223 e. The number of hydrogen-bond donors (Lipinski definition) is 1. The molecule has 1 aromatic rings. The van der Waals surface area contributed by atoms with Gasteiger partial charge < -0.3 is 10.2 Å². The van der Waals surface area contributed by atoms with Gasteiger partial charge in [0.2, 0.25) is 11.8 Å². The molecule has 0 saturated carbocycles. The highest BCUT2D eigenvalue weighted by Crippen LogP contribution is 2.24. The Morgan fingerprint density at radius 2 is 1.82 bits per heavy atom. The molecule has 122 valence electrons. The van der Waals surface area contributed by atoms with E-state index < -0.39 is 23.4 Å². The van der Waals surface area contributed by atoms with Crippen molar-refractivity contribution in [1.82, 2.24) is 5.32 Å². The molecule has 0 saturated heterocycles. The molecule has 7 heteroatoms. The first-order valence-electron chi connectivity index (χ1n) is 6.92. The van der Waals surface area contributed by atoms with Crippen molar-refractivity contribution in [2.24, 2.45) is 5.92 Å². The van der Waals surface area contributed by atoms with Crippen LogP contribution in [-0.2, 0) is 9.59 Å². The molecule has 0 heterocycles. The molecule has 1 rings (SSSR count). The minimum absolute atomic E-state index is 0.0647. The van der Waals surface area contributed by atoms with Crippen LogP contribution in [0.5, 0.6) is 0 Å². The van der Waals surface area contributed by atoms with Crippen molar-refractivity contribution in [2.45, 2.75) is 27.2 Å². The maximum Gasteiger partial charge on any atom is 0.223 e. The average molecular weight is 316 g/mol. The van der Waals surface area contributed by atoms with E-state index in [1.54, 1.807) is 0 Å². The van der Waals surface area contributed by atoms with Crippen molar-refractivity contribution in [3.8, 4) is 0 Å². The highest BCUT2D eigenvalue weighted by atomic mass is 19.2. The molecular formula is C15H19F3N2O2. The van der Waals surface area contributed by atoms with Gasteiger partial charge in [-0.1, -0.05) is 13.8 Å². The largest absolute Gasteiger partial charge is 0.356 e. The van der Waals surface area contributed by atoms with Gasteiger partial charge in [0.15, 0.2) is 17.5 Å². The molecule has 1 aromatic carbocycles. The molecule has 0 bridgehead atoms. The number of nitrogens with zero attached hydrogens (tertiary/aromatic N) is 1. The summed E-state index contributed by atoms with van der Waals surface area (Å²) in [6, 6.07) is 1.71. The predicted octanol–water partition coefficient (Wildman–Crippen LogP) is 2.62. The van der Waals surface area contributed by atoms with E-state index in [0.29, 0.717) is 6.54 Å². The zero-order valence-corrected chi connectivity index (χ0v) is 12.8. The van der Waals surface area contributed by atoms with Crippen molar-refractivity contribution in [1.29, 1.82) is 0 Å².